The van der Waals surface area contributed by atoms with Gasteiger partial charge in [-0.15, -0.1) is 10.2 Å². The fourth-order valence-corrected chi connectivity index (χ4v) is 4.31. The van der Waals surface area contributed by atoms with Crippen molar-refractivity contribution in [3.63, 3.8) is 0 Å². The van der Waals surface area contributed by atoms with Gasteiger partial charge in [0.05, 0.1) is 36.7 Å². The maximum absolute atomic E-state index is 14.7. The number of pyridine rings is 1. The lowest BCUT2D eigenvalue weighted by Crippen LogP contribution is -2.13. The summed E-state index contributed by atoms with van der Waals surface area (Å²) in [6.45, 7) is 3.17. The zero-order valence-electron chi connectivity index (χ0n) is 16.5. The number of rotatable bonds is 1. The van der Waals surface area contributed by atoms with Gasteiger partial charge in [0.25, 0.3) is 0 Å². The van der Waals surface area contributed by atoms with Crippen molar-refractivity contribution in [3.8, 4) is 22.8 Å². The predicted octanol–water partition coefficient (Wildman–Crippen LogP) is 3.06. The first kappa shape index (κ1) is 17.3. The van der Waals surface area contributed by atoms with Gasteiger partial charge in [0.15, 0.2) is 17.2 Å². The molecular formula is C21H19FN6O2. The number of ether oxygens (including phenoxy) is 2. The normalized spacial score (nSPS) is 17.2. The van der Waals surface area contributed by atoms with Crippen LogP contribution in [0.3, 0.4) is 0 Å². The summed E-state index contributed by atoms with van der Waals surface area (Å²) in [5, 5.41) is 11.7. The molecule has 0 saturated carbocycles. The van der Waals surface area contributed by atoms with Crippen molar-refractivity contribution in [2.75, 3.05) is 18.5 Å². The highest BCUT2D eigenvalue weighted by molar-refractivity contribution is 5.81. The van der Waals surface area contributed by atoms with E-state index in [-0.39, 0.29) is 11.7 Å². The summed E-state index contributed by atoms with van der Waals surface area (Å²) in [5.74, 6) is 1.78. The number of fused-ring (bicyclic) bond motifs is 3. The summed E-state index contributed by atoms with van der Waals surface area (Å²) in [5.41, 5.74) is 4.82. The van der Waals surface area contributed by atoms with Crippen molar-refractivity contribution in [2.24, 2.45) is 7.05 Å². The van der Waals surface area contributed by atoms with Gasteiger partial charge in [-0.3, -0.25) is 4.40 Å². The Kier molecular flexibility index (Phi) is 3.56. The Morgan fingerprint density at radius 3 is 2.80 bits per heavy atom. The fourth-order valence-electron chi connectivity index (χ4n) is 4.31. The van der Waals surface area contributed by atoms with Crippen LogP contribution in [-0.4, -0.2) is 37.4 Å². The van der Waals surface area contributed by atoms with E-state index in [4.69, 9.17) is 9.47 Å². The Balaban J connectivity index is 1.53. The number of imidazole rings is 1. The molecule has 0 aliphatic carbocycles. The van der Waals surface area contributed by atoms with E-state index in [1.54, 1.807) is 18.7 Å². The third-order valence-corrected chi connectivity index (χ3v) is 6.01. The first-order valence-electron chi connectivity index (χ1n) is 9.77. The Morgan fingerprint density at radius 2 is 2.00 bits per heavy atom. The average molecular weight is 406 g/mol. The predicted molar refractivity (Wildman–Crippen MR) is 107 cm³/mol. The molecule has 0 spiro atoms. The van der Waals surface area contributed by atoms with Gasteiger partial charge >= 0.3 is 0 Å². The Labute approximate surface area is 171 Å². The van der Waals surface area contributed by atoms with E-state index < -0.39 is 0 Å². The molecule has 9 heteroatoms. The van der Waals surface area contributed by atoms with Gasteiger partial charge in [0.2, 0.25) is 0 Å². The molecule has 4 aromatic rings. The van der Waals surface area contributed by atoms with Crippen LogP contribution in [0.2, 0.25) is 0 Å². The summed E-state index contributed by atoms with van der Waals surface area (Å²) in [7, 11) is 1.95. The number of anilines is 1. The third-order valence-electron chi connectivity index (χ3n) is 6.01. The lowest BCUT2D eigenvalue weighted by atomic mass is 9.96. The minimum Gasteiger partial charge on any atom is -0.493 e. The molecule has 0 radical (unpaired) electrons. The molecule has 0 fully saturated rings. The first-order chi connectivity index (χ1) is 14.6. The molecule has 30 heavy (non-hydrogen) atoms. The van der Waals surface area contributed by atoms with Crippen LogP contribution in [-0.2, 0) is 13.6 Å². The summed E-state index contributed by atoms with van der Waals surface area (Å²) < 4.78 is 30.5. The van der Waals surface area contributed by atoms with Crippen molar-refractivity contribution in [3.05, 3.63) is 53.5 Å². The molecule has 6 rings (SSSR count). The number of aromatic nitrogens is 5. The zero-order valence-corrected chi connectivity index (χ0v) is 16.5. The van der Waals surface area contributed by atoms with E-state index >= 15 is 0 Å². The van der Waals surface area contributed by atoms with Gasteiger partial charge in [-0.25, -0.2) is 9.37 Å². The summed E-state index contributed by atoms with van der Waals surface area (Å²) in [6.07, 6.45) is 3.40. The standard InChI is InChI=1S/C21H19FN6O2/c1-11-19(24-9-27(11)2)13-5-17-21(28-10-25-26-20(13)28)23-6-14-15(22)3-4-16-18(14)12(7-29-16)8-30-17/h3-5,9-10,12,23H,6-8H2,1-2H3/t12-/m0/s1. The van der Waals surface area contributed by atoms with Gasteiger partial charge in [0, 0.05) is 30.4 Å². The first-order valence-corrected chi connectivity index (χ1v) is 9.77. The van der Waals surface area contributed by atoms with E-state index in [2.05, 4.69) is 20.5 Å². The van der Waals surface area contributed by atoms with Crippen molar-refractivity contribution in [2.45, 2.75) is 19.4 Å². The van der Waals surface area contributed by atoms with Crippen LogP contribution >= 0.6 is 0 Å². The van der Waals surface area contributed by atoms with Crippen LogP contribution in [0.1, 0.15) is 22.7 Å². The highest BCUT2D eigenvalue weighted by Gasteiger charge is 2.31. The maximum Gasteiger partial charge on any atom is 0.171 e. The van der Waals surface area contributed by atoms with Gasteiger partial charge in [0.1, 0.15) is 17.9 Å². The van der Waals surface area contributed by atoms with E-state index in [1.165, 1.54) is 6.07 Å². The smallest absolute Gasteiger partial charge is 0.171 e. The van der Waals surface area contributed by atoms with Gasteiger partial charge in [-0.2, -0.15) is 0 Å². The second-order valence-corrected chi connectivity index (χ2v) is 7.70. The maximum atomic E-state index is 14.7. The molecule has 1 N–H and O–H groups in total. The van der Waals surface area contributed by atoms with Crippen molar-refractivity contribution in [1.29, 1.82) is 0 Å². The number of halogens is 1. The second-order valence-electron chi connectivity index (χ2n) is 7.70. The summed E-state index contributed by atoms with van der Waals surface area (Å²) in [4.78, 5) is 4.54. The van der Waals surface area contributed by atoms with E-state index in [9.17, 15) is 4.39 Å². The van der Waals surface area contributed by atoms with Crippen molar-refractivity contribution < 1.29 is 13.9 Å². The fraction of sp³-hybridized carbons (Fsp3) is 0.286. The third kappa shape index (κ3) is 2.35. The van der Waals surface area contributed by atoms with Crippen LogP contribution < -0.4 is 14.8 Å². The van der Waals surface area contributed by atoms with Gasteiger partial charge in [-0.05, 0) is 25.1 Å². The quantitative estimate of drug-likeness (QED) is 0.524. The highest BCUT2D eigenvalue weighted by atomic mass is 19.1. The molecule has 1 aromatic carbocycles. The molecule has 0 saturated heterocycles. The number of nitrogens with one attached hydrogen (secondary N) is 1. The Hall–Kier alpha value is -3.62. The number of benzene rings is 1. The molecular weight excluding hydrogens is 387 g/mol. The molecule has 5 heterocycles. The molecule has 1 atom stereocenters. The molecule has 2 aliphatic heterocycles. The Morgan fingerprint density at radius 1 is 1.17 bits per heavy atom. The number of aryl methyl sites for hydroxylation is 1. The van der Waals surface area contributed by atoms with Crippen LogP contribution in [0.4, 0.5) is 10.2 Å². The van der Waals surface area contributed by atoms with E-state index in [0.717, 1.165) is 28.3 Å². The van der Waals surface area contributed by atoms with Crippen molar-refractivity contribution in [1.82, 2.24) is 24.1 Å². The van der Waals surface area contributed by atoms with Crippen LogP contribution in [0.15, 0.2) is 30.9 Å². The average Bonchev–Trinajstić information content (AvgIpc) is 3.46. The monoisotopic (exact) mass is 406 g/mol. The van der Waals surface area contributed by atoms with Crippen molar-refractivity contribution >= 4 is 11.5 Å². The topological polar surface area (TPSA) is 78.5 Å². The van der Waals surface area contributed by atoms with E-state index in [1.807, 2.05) is 29.0 Å². The molecule has 0 amide bonds. The minimum absolute atomic E-state index is 0.0323. The molecule has 0 unspecified atom stereocenters. The second kappa shape index (κ2) is 6.19. The molecule has 0 bridgehead atoms. The van der Waals surface area contributed by atoms with Crippen LogP contribution in [0, 0.1) is 12.7 Å². The summed E-state index contributed by atoms with van der Waals surface area (Å²) >= 11 is 0. The minimum atomic E-state index is -0.249. The largest absolute Gasteiger partial charge is 0.493 e. The van der Waals surface area contributed by atoms with Gasteiger partial charge in [-0.1, -0.05) is 0 Å². The number of hydrogen-bond acceptors (Lipinski definition) is 6. The van der Waals surface area contributed by atoms with Crippen LogP contribution in [0.25, 0.3) is 16.9 Å². The zero-order chi connectivity index (χ0) is 20.4. The molecule has 152 valence electrons. The lowest BCUT2D eigenvalue weighted by molar-refractivity contribution is 0.249. The highest BCUT2D eigenvalue weighted by Crippen LogP contribution is 2.41. The molecule has 3 aromatic heterocycles. The molecule has 8 nitrogen and oxygen atoms in total. The van der Waals surface area contributed by atoms with E-state index in [0.29, 0.717) is 42.5 Å². The summed E-state index contributed by atoms with van der Waals surface area (Å²) in [6, 6.07) is 5.09. The lowest BCUT2D eigenvalue weighted by Gasteiger charge is -2.16. The molecule has 2 aliphatic rings. The Bertz CT molecular complexity index is 1310. The number of nitrogens with zero attached hydrogens (tertiary/aromatic N) is 5. The number of hydrogen-bond donors (Lipinski definition) is 1. The van der Waals surface area contributed by atoms with Crippen LogP contribution in [0.5, 0.6) is 11.5 Å². The van der Waals surface area contributed by atoms with Gasteiger partial charge < -0.3 is 19.4 Å². The SMILES string of the molecule is Cc1c(-c2cc3c(n4cnnc24)NCc2c(F)ccc4c2[C@@H](CO4)CO3)ncn1C.